The largest absolute Gasteiger partial charge is 0.152 e. The van der Waals surface area contributed by atoms with Crippen LogP contribution in [0.3, 0.4) is 0 Å². The minimum absolute atomic E-state index is 1.20. The maximum Gasteiger partial charge on any atom is -0.00150 e. The molecular weight excluding hydrogens is 320 g/mol. The van der Waals surface area contributed by atoms with Crippen LogP contribution in [-0.2, 0) is 0 Å². The highest BCUT2D eigenvalue weighted by atomic mass is 32.1. The third-order valence-electron chi connectivity index (χ3n) is 4.41. The number of hydrogen-bond acceptors (Lipinski definition) is 1. The summed E-state index contributed by atoms with van der Waals surface area (Å²) in [4.78, 5) is 0. The summed E-state index contributed by atoms with van der Waals surface area (Å²) in [7, 11) is 0. The topological polar surface area (TPSA) is 0 Å². The first kappa shape index (κ1) is 15.6. The first-order valence-electron chi connectivity index (χ1n) is 8.30. The first-order valence-corrected chi connectivity index (χ1v) is 9.24. The highest BCUT2D eigenvalue weighted by Crippen LogP contribution is 2.26. The van der Waals surface area contributed by atoms with Gasteiger partial charge in [-0.2, -0.15) is 11.3 Å². The Bertz CT molecular complexity index is 1090. The van der Waals surface area contributed by atoms with E-state index in [1.165, 1.54) is 38.2 Å². The summed E-state index contributed by atoms with van der Waals surface area (Å²) in [6, 6.07) is 27.7. The average molecular weight is 338 g/mol. The molecule has 0 fully saturated rings. The van der Waals surface area contributed by atoms with Crippen molar-refractivity contribution in [3.05, 3.63) is 102 Å². The third kappa shape index (κ3) is 3.19. The Balaban J connectivity index is 0.000000147. The SMILES string of the molecule is C=Cc1cccc2cc3ccccc3cc12.c1cc2ccscc-2c1. The van der Waals surface area contributed by atoms with E-state index in [0.29, 0.717) is 0 Å². The van der Waals surface area contributed by atoms with E-state index in [0.717, 1.165) is 0 Å². The Labute approximate surface area is 152 Å². The van der Waals surface area contributed by atoms with Gasteiger partial charge in [0.2, 0.25) is 0 Å². The maximum absolute atomic E-state index is 3.86. The number of fused-ring (bicyclic) bond motifs is 3. The Morgan fingerprint density at radius 2 is 1.40 bits per heavy atom. The van der Waals surface area contributed by atoms with Crippen LogP contribution in [0.2, 0.25) is 0 Å². The second kappa shape index (κ2) is 6.92. The van der Waals surface area contributed by atoms with Gasteiger partial charge in [0.25, 0.3) is 0 Å². The summed E-state index contributed by atoms with van der Waals surface area (Å²) in [6.07, 6.45) is 1.91. The molecule has 0 aromatic heterocycles. The molecule has 120 valence electrons. The van der Waals surface area contributed by atoms with Gasteiger partial charge in [-0.05, 0) is 67.2 Å². The number of benzene rings is 3. The van der Waals surface area contributed by atoms with Crippen LogP contribution in [-0.4, -0.2) is 0 Å². The van der Waals surface area contributed by atoms with Gasteiger partial charge in [-0.1, -0.05) is 73.3 Å². The predicted octanol–water partition coefficient (Wildman–Crippen LogP) is 7.49. The van der Waals surface area contributed by atoms with Crippen molar-refractivity contribution in [2.45, 2.75) is 0 Å². The Morgan fingerprint density at radius 1 is 0.680 bits per heavy atom. The van der Waals surface area contributed by atoms with Crippen molar-refractivity contribution in [2.24, 2.45) is 0 Å². The Morgan fingerprint density at radius 3 is 2.20 bits per heavy atom. The molecule has 0 saturated heterocycles. The van der Waals surface area contributed by atoms with Gasteiger partial charge < -0.3 is 0 Å². The van der Waals surface area contributed by atoms with E-state index in [1.807, 2.05) is 6.08 Å². The summed E-state index contributed by atoms with van der Waals surface area (Å²) in [5.41, 5.74) is 3.89. The highest BCUT2D eigenvalue weighted by Gasteiger charge is 2.00. The van der Waals surface area contributed by atoms with Gasteiger partial charge in [0.1, 0.15) is 0 Å². The van der Waals surface area contributed by atoms with Crippen molar-refractivity contribution >= 4 is 39.0 Å². The standard InChI is InChI=1S/C16H12.C8H6S/c1-2-12-8-5-9-15-10-13-6-3-4-7-14(13)11-16(12)15;1-2-7-4-5-9-6-8(7)3-1/h2-11H,1H2;1-6H. The quantitative estimate of drug-likeness (QED) is 0.278. The summed E-state index contributed by atoms with van der Waals surface area (Å²) in [6.45, 7) is 3.86. The molecule has 0 radical (unpaired) electrons. The van der Waals surface area contributed by atoms with Crippen LogP contribution in [0.1, 0.15) is 5.56 Å². The molecule has 3 aromatic rings. The van der Waals surface area contributed by atoms with Gasteiger partial charge in [0.15, 0.2) is 0 Å². The summed E-state index contributed by atoms with van der Waals surface area (Å²) >= 11 is 1.74. The molecule has 0 spiro atoms. The van der Waals surface area contributed by atoms with E-state index in [1.54, 1.807) is 11.3 Å². The van der Waals surface area contributed by atoms with Gasteiger partial charge in [-0.25, -0.2) is 0 Å². The van der Waals surface area contributed by atoms with Gasteiger partial charge in [0, 0.05) is 0 Å². The molecular formula is C24H18S. The van der Waals surface area contributed by atoms with Crippen LogP contribution in [0, 0.1) is 0 Å². The monoisotopic (exact) mass is 338 g/mol. The lowest BCUT2D eigenvalue weighted by atomic mass is 10.00. The molecule has 0 bridgehead atoms. The number of hydrogen-bond donors (Lipinski definition) is 0. The van der Waals surface area contributed by atoms with Crippen molar-refractivity contribution in [2.75, 3.05) is 0 Å². The molecule has 5 rings (SSSR count). The molecule has 0 atom stereocenters. The fourth-order valence-electron chi connectivity index (χ4n) is 3.10. The van der Waals surface area contributed by atoms with E-state index in [2.05, 4.69) is 96.2 Å². The van der Waals surface area contributed by atoms with Gasteiger partial charge in [-0.15, -0.1) is 0 Å². The fraction of sp³-hybridized carbons (Fsp3) is 0. The molecule has 1 aliphatic heterocycles. The molecule has 1 heterocycles. The molecule has 25 heavy (non-hydrogen) atoms. The van der Waals surface area contributed by atoms with E-state index in [4.69, 9.17) is 0 Å². The fourth-order valence-corrected chi connectivity index (χ4v) is 3.77. The highest BCUT2D eigenvalue weighted by molar-refractivity contribution is 7.07. The molecule has 1 aliphatic carbocycles. The maximum atomic E-state index is 3.86. The normalized spacial score (nSPS) is 10.6. The van der Waals surface area contributed by atoms with E-state index in [-0.39, 0.29) is 0 Å². The Hall–Kier alpha value is -2.90. The van der Waals surface area contributed by atoms with E-state index < -0.39 is 0 Å². The van der Waals surface area contributed by atoms with Crippen molar-refractivity contribution in [1.29, 1.82) is 0 Å². The minimum Gasteiger partial charge on any atom is -0.152 e. The molecule has 0 nitrogen and oxygen atoms in total. The van der Waals surface area contributed by atoms with Crippen LogP contribution in [0.15, 0.2) is 96.2 Å². The lowest BCUT2D eigenvalue weighted by Crippen LogP contribution is -1.79. The third-order valence-corrected chi connectivity index (χ3v) is 5.09. The Kier molecular flexibility index (Phi) is 4.32. The van der Waals surface area contributed by atoms with Crippen LogP contribution < -0.4 is 0 Å². The van der Waals surface area contributed by atoms with Crippen molar-refractivity contribution < 1.29 is 0 Å². The zero-order chi connectivity index (χ0) is 17.1. The second-order valence-corrected chi connectivity index (χ2v) is 6.75. The van der Waals surface area contributed by atoms with Crippen molar-refractivity contribution in [3.8, 4) is 11.1 Å². The molecule has 1 heteroatoms. The van der Waals surface area contributed by atoms with Gasteiger partial charge in [0.05, 0.1) is 0 Å². The first-order chi connectivity index (χ1) is 12.3. The smallest absolute Gasteiger partial charge is 0.00150 e. The van der Waals surface area contributed by atoms with Crippen LogP contribution in [0.4, 0.5) is 0 Å². The van der Waals surface area contributed by atoms with Crippen molar-refractivity contribution in [1.82, 2.24) is 0 Å². The minimum atomic E-state index is 1.20. The lowest BCUT2D eigenvalue weighted by Gasteiger charge is -2.04. The zero-order valence-corrected chi connectivity index (χ0v) is 14.7. The molecule has 0 saturated carbocycles. The van der Waals surface area contributed by atoms with E-state index >= 15 is 0 Å². The summed E-state index contributed by atoms with van der Waals surface area (Å²) in [5, 5.41) is 9.38. The molecule has 0 unspecified atom stereocenters. The average Bonchev–Trinajstić information content (AvgIpc) is 3.15. The molecule has 0 amide bonds. The molecule has 2 aliphatic rings. The summed E-state index contributed by atoms with van der Waals surface area (Å²) in [5.74, 6) is 0. The molecule has 0 N–H and O–H groups in total. The zero-order valence-electron chi connectivity index (χ0n) is 13.9. The predicted molar refractivity (Wildman–Crippen MR) is 112 cm³/mol. The second-order valence-electron chi connectivity index (χ2n) is 5.97. The van der Waals surface area contributed by atoms with E-state index in [9.17, 15) is 0 Å². The van der Waals surface area contributed by atoms with Crippen LogP contribution >= 0.6 is 11.3 Å². The summed E-state index contributed by atoms with van der Waals surface area (Å²) < 4.78 is 0. The van der Waals surface area contributed by atoms with Crippen LogP contribution in [0.25, 0.3) is 38.7 Å². The number of rotatable bonds is 1. The van der Waals surface area contributed by atoms with Gasteiger partial charge in [-0.3, -0.25) is 0 Å². The molecule has 3 aromatic carbocycles. The van der Waals surface area contributed by atoms with Gasteiger partial charge >= 0.3 is 0 Å². The van der Waals surface area contributed by atoms with Crippen LogP contribution in [0.5, 0.6) is 0 Å². The van der Waals surface area contributed by atoms with Crippen molar-refractivity contribution in [3.63, 3.8) is 0 Å². The lowest BCUT2D eigenvalue weighted by molar-refractivity contribution is 1.73.